The van der Waals surface area contributed by atoms with Crippen molar-refractivity contribution in [3.8, 4) is 11.4 Å². The normalized spacial score (nSPS) is 16.3. The molecule has 4 heteroatoms. The maximum Gasteiger partial charge on any atom is 0.228 e. The molecule has 0 aliphatic heterocycles. The molecule has 1 aliphatic rings. The van der Waals surface area contributed by atoms with Crippen molar-refractivity contribution in [1.29, 1.82) is 0 Å². The van der Waals surface area contributed by atoms with E-state index in [0.29, 0.717) is 11.9 Å². The summed E-state index contributed by atoms with van der Waals surface area (Å²) in [5.74, 6) is 2.19. The molecule has 0 saturated heterocycles. The van der Waals surface area contributed by atoms with Gasteiger partial charge in [0.1, 0.15) is 0 Å². The Balaban J connectivity index is 1.71. The molecule has 2 aromatic rings. The van der Waals surface area contributed by atoms with Gasteiger partial charge in [0.15, 0.2) is 0 Å². The lowest BCUT2D eigenvalue weighted by Gasteiger charge is -2.11. The molecule has 1 aliphatic carbocycles. The molecule has 20 heavy (non-hydrogen) atoms. The van der Waals surface area contributed by atoms with Crippen LogP contribution in [0.5, 0.6) is 0 Å². The third-order valence-corrected chi connectivity index (χ3v) is 4.04. The quantitative estimate of drug-likeness (QED) is 0.877. The maximum absolute atomic E-state index is 5.38. The third kappa shape index (κ3) is 2.90. The van der Waals surface area contributed by atoms with Gasteiger partial charge in [0.25, 0.3) is 0 Å². The van der Waals surface area contributed by atoms with E-state index < -0.39 is 0 Å². The second-order valence-electron chi connectivity index (χ2n) is 5.50. The largest absolute Gasteiger partial charge is 0.339 e. The summed E-state index contributed by atoms with van der Waals surface area (Å²) in [5.41, 5.74) is 2.34. The summed E-state index contributed by atoms with van der Waals surface area (Å²) in [7, 11) is 2.00. The third-order valence-electron chi connectivity index (χ3n) is 4.04. The number of nitrogens with zero attached hydrogens (tertiary/aromatic N) is 2. The van der Waals surface area contributed by atoms with Crippen molar-refractivity contribution in [2.45, 2.75) is 38.6 Å². The van der Waals surface area contributed by atoms with Gasteiger partial charge in [-0.3, -0.25) is 0 Å². The van der Waals surface area contributed by atoms with Crippen LogP contribution in [0.25, 0.3) is 11.4 Å². The zero-order valence-electron chi connectivity index (χ0n) is 12.1. The Labute approximate surface area is 119 Å². The molecule has 1 aromatic carbocycles. The Morgan fingerprint density at radius 2 is 2.05 bits per heavy atom. The van der Waals surface area contributed by atoms with Gasteiger partial charge in [-0.05, 0) is 37.8 Å². The van der Waals surface area contributed by atoms with Gasteiger partial charge in [0.05, 0.1) is 0 Å². The number of benzene rings is 1. The van der Waals surface area contributed by atoms with Crippen molar-refractivity contribution in [1.82, 2.24) is 15.5 Å². The summed E-state index contributed by atoms with van der Waals surface area (Å²) in [6.45, 7) is 2.15. The van der Waals surface area contributed by atoms with Crippen molar-refractivity contribution in [3.05, 3.63) is 35.7 Å². The molecule has 0 amide bonds. The lowest BCUT2D eigenvalue weighted by Crippen LogP contribution is -2.29. The van der Waals surface area contributed by atoms with Crippen LogP contribution in [0, 0.1) is 5.92 Å². The van der Waals surface area contributed by atoms with Crippen LogP contribution < -0.4 is 5.32 Å². The van der Waals surface area contributed by atoms with E-state index in [2.05, 4.69) is 46.6 Å². The molecule has 106 valence electrons. The highest BCUT2D eigenvalue weighted by Crippen LogP contribution is 2.33. The van der Waals surface area contributed by atoms with Crippen LogP contribution in [-0.4, -0.2) is 23.2 Å². The fourth-order valence-electron chi connectivity index (χ4n) is 2.54. The van der Waals surface area contributed by atoms with Gasteiger partial charge in [0, 0.05) is 18.0 Å². The van der Waals surface area contributed by atoms with Crippen molar-refractivity contribution < 1.29 is 4.52 Å². The summed E-state index contributed by atoms with van der Waals surface area (Å²) < 4.78 is 5.38. The second kappa shape index (κ2) is 5.75. The van der Waals surface area contributed by atoms with E-state index >= 15 is 0 Å². The van der Waals surface area contributed by atoms with E-state index in [4.69, 9.17) is 4.52 Å². The van der Waals surface area contributed by atoms with Crippen LogP contribution in [0.4, 0.5) is 0 Å². The van der Waals surface area contributed by atoms with Crippen molar-refractivity contribution in [3.63, 3.8) is 0 Å². The van der Waals surface area contributed by atoms with Crippen LogP contribution in [0.2, 0.25) is 0 Å². The zero-order valence-corrected chi connectivity index (χ0v) is 12.1. The number of hydrogen-bond acceptors (Lipinski definition) is 4. The number of aromatic nitrogens is 2. The molecular weight excluding hydrogens is 250 g/mol. The zero-order chi connectivity index (χ0) is 13.9. The molecule has 4 nitrogen and oxygen atoms in total. The summed E-state index contributed by atoms with van der Waals surface area (Å²) >= 11 is 0. The topological polar surface area (TPSA) is 51.0 Å². The molecule has 1 unspecified atom stereocenters. The Morgan fingerprint density at radius 1 is 1.30 bits per heavy atom. The average molecular weight is 271 g/mol. The van der Waals surface area contributed by atoms with Gasteiger partial charge in [-0.15, -0.1) is 0 Å². The van der Waals surface area contributed by atoms with Gasteiger partial charge in [-0.25, -0.2) is 0 Å². The summed E-state index contributed by atoms with van der Waals surface area (Å²) in [6.07, 6.45) is 4.49. The fourth-order valence-corrected chi connectivity index (χ4v) is 2.54. The number of nitrogens with one attached hydrogen (secondary N) is 1. The second-order valence-corrected chi connectivity index (χ2v) is 5.50. The Hall–Kier alpha value is -1.68. The number of rotatable bonds is 6. The van der Waals surface area contributed by atoms with Gasteiger partial charge in [-0.1, -0.05) is 36.3 Å². The maximum atomic E-state index is 5.38. The van der Waals surface area contributed by atoms with Crippen LogP contribution in [0.1, 0.15) is 31.2 Å². The fraction of sp³-hybridized carbons (Fsp3) is 0.500. The van der Waals surface area contributed by atoms with Crippen molar-refractivity contribution in [2.75, 3.05) is 7.05 Å². The Kier molecular flexibility index (Phi) is 3.83. The molecule has 1 atom stereocenters. The minimum Gasteiger partial charge on any atom is -0.339 e. The monoisotopic (exact) mass is 271 g/mol. The Morgan fingerprint density at radius 3 is 2.65 bits per heavy atom. The van der Waals surface area contributed by atoms with Gasteiger partial charge in [-0.2, -0.15) is 4.98 Å². The van der Waals surface area contributed by atoms with Crippen molar-refractivity contribution >= 4 is 0 Å². The van der Waals surface area contributed by atoms with E-state index in [1.165, 1.54) is 18.4 Å². The number of hydrogen-bond donors (Lipinski definition) is 1. The first kappa shape index (κ1) is 13.3. The van der Waals surface area contributed by atoms with E-state index in [-0.39, 0.29) is 0 Å². The highest BCUT2D eigenvalue weighted by molar-refractivity contribution is 5.54. The minimum atomic E-state index is 0.464. The average Bonchev–Trinajstić information content (AvgIpc) is 3.24. The standard InChI is InChI=1S/C16H21N3O/c1-3-11-4-6-13(7-5-11)16-18-15(20-19-16)10-14(17-2)12-8-9-12/h4-7,12,14,17H,3,8-10H2,1-2H3. The van der Waals surface area contributed by atoms with E-state index in [0.717, 1.165) is 30.2 Å². The predicted molar refractivity (Wildman–Crippen MR) is 78.4 cm³/mol. The smallest absolute Gasteiger partial charge is 0.228 e. The lowest BCUT2D eigenvalue weighted by atomic mass is 10.1. The molecular formula is C16H21N3O. The first-order valence-corrected chi connectivity index (χ1v) is 7.39. The molecule has 1 saturated carbocycles. The molecule has 1 aromatic heterocycles. The van der Waals surface area contributed by atoms with E-state index in [1.54, 1.807) is 0 Å². The molecule has 1 N–H and O–H groups in total. The Bertz CT molecular complexity index is 557. The molecule has 0 spiro atoms. The van der Waals surface area contributed by atoms with E-state index in [1.807, 2.05) is 7.05 Å². The summed E-state index contributed by atoms with van der Waals surface area (Å²) in [6, 6.07) is 8.82. The summed E-state index contributed by atoms with van der Waals surface area (Å²) in [4.78, 5) is 4.52. The van der Waals surface area contributed by atoms with Crippen LogP contribution in [-0.2, 0) is 12.8 Å². The van der Waals surface area contributed by atoms with E-state index in [9.17, 15) is 0 Å². The molecule has 0 bridgehead atoms. The first-order chi connectivity index (χ1) is 9.80. The van der Waals surface area contributed by atoms with Gasteiger partial charge < -0.3 is 9.84 Å². The first-order valence-electron chi connectivity index (χ1n) is 7.39. The molecule has 0 radical (unpaired) electrons. The van der Waals surface area contributed by atoms with Crippen molar-refractivity contribution in [2.24, 2.45) is 5.92 Å². The highest BCUT2D eigenvalue weighted by Gasteiger charge is 2.31. The predicted octanol–water partition coefficient (Wildman–Crippen LogP) is 2.84. The van der Waals surface area contributed by atoms with Crippen LogP contribution >= 0.6 is 0 Å². The highest BCUT2D eigenvalue weighted by atomic mass is 16.5. The van der Waals surface area contributed by atoms with Gasteiger partial charge >= 0.3 is 0 Å². The number of aryl methyl sites for hydroxylation is 1. The molecule has 1 heterocycles. The SMILES string of the molecule is CCc1ccc(-c2noc(CC(NC)C3CC3)n2)cc1. The lowest BCUT2D eigenvalue weighted by molar-refractivity contribution is 0.352. The number of likely N-dealkylation sites (N-methyl/N-ethyl adjacent to an activating group) is 1. The summed E-state index contributed by atoms with van der Waals surface area (Å²) in [5, 5.41) is 7.44. The molecule has 3 rings (SSSR count). The van der Waals surface area contributed by atoms with Crippen LogP contribution in [0.3, 0.4) is 0 Å². The minimum absolute atomic E-state index is 0.464. The van der Waals surface area contributed by atoms with Crippen LogP contribution in [0.15, 0.2) is 28.8 Å². The van der Waals surface area contributed by atoms with Gasteiger partial charge in [0.2, 0.25) is 11.7 Å². The molecule has 1 fully saturated rings.